The number of H-pyrrole nitrogens is 1. The second-order valence-electron chi connectivity index (χ2n) is 7.97. The van der Waals surface area contributed by atoms with Crippen LogP contribution in [0.5, 0.6) is 0 Å². The highest BCUT2D eigenvalue weighted by Crippen LogP contribution is 2.35. The van der Waals surface area contributed by atoms with Gasteiger partial charge in [0.25, 0.3) is 0 Å². The summed E-state index contributed by atoms with van der Waals surface area (Å²) in [5.74, 6) is 0.162. The van der Waals surface area contributed by atoms with Crippen LogP contribution in [0, 0.1) is 21.9 Å². The summed E-state index contributed by atoms with van der Waals surface area (Å²) in [5.41, 5.74) is -0.992. The second-order valence-corrected chi connectivity index (χ2v) is 8.39. The molecule has 1 aromatic heterocycles. The van der Waals surface area contributed by atoms with E-state index in [9.17, 15) is 14.4 Å². The first-order valence-electron chi connectivity index (χ1n) is 9.60. The molecule has 27 heavy (non-hydrogen) atoms. The van der Waals surface area contributed by atoms with Crippen molar-refractivity contribution in [2.75, 3.05) is 6.61 Å². The monoisotopic (exact) mass is 396 g/mol. The molecule has 7 heteroatoms. The van der Waals surface area contributed by atoms with Gasteiger partial charge >= 0.3 is 11.7 Å². The molecule has 0 spiro atoms. The summed E-state index contributed by atoms with van der Waals surface area (Å²) in [7, 11) is 0. The summed E-state index contributed by atoms with van der Waals surface area (Å²) in [5, 5.41) is 0. The van der Waals surface area contributed by atoms with Crippen LogP contribution in [0.2, 0.25) is 0 Å². The summed E-state index contributed by atoms with van der Waals surface area (Å²) in [6.07, 6.45) is 4.48. The first kappa shape index (κ1) is 23.3. The number of ether oxygens (including phenoxy) is 1. The number of carbonyl (C=O) groups excluding carboxylic acids is 2. The number of esters is 1. The van der Waals surface area contributed by atoms with Crippen molar-refractivity contribution in [2.24, 2.45) is 17.3 Å². The van der Waals surface area contributed by atoms with Crippen molar-refractivity contribution in [2.45, 2.75) is 66.7 Å². The predicted octanol–water partition coefficient (Wildman–Crippen LogP) is 4.36. The number of nitrogens with one attached hydrogen (secondary N) is 1. The molecule has 152 valence electrons. The molecule has 0 saturated carbocycles. The fourth-order valence-electron chi connectivity index (χ4n) is 3.06. The van der Waals surface area contributed by atoms with E-state index in [0.29, 0.717) is 25.4 Å². The molecule has 1 atom stereocenters. The normalized spacial score (nSPS) is 13.6. The van der Waals surface area contributed by atoms with Gasteiger partial charge in [0.2, 0.25) is 5.91 Å². The Morgan fingerprint density at radius 3 is 2.44 bits per heavy atom. The number of rotatable bonds is 10. The molecule has 1 N–H and O–H groups in total. The van der Waals surface area contributed by atoms with Crippen molar-refractivity contribution in [1.82, 2.24) is 9.55 Å². The SMILES string of the molecule is CC(C)CC(C)(C(=O)OCCCCCC(=O)n1c(=S)cc[nH]c1=O)C(C)C. The van der Waals surface area contributed by atoms with E-state index in [1.807, 2.05) is 20.8 Å². The van der Waals surface area contributed by atoms with Crippen LogP contribution in [0.1, 0.15) is 71.5 Å². The highest BCUT2D eigenvalue weighted by atomic mass is 32.1. The van der Waals surface area contributed by atoms with E-state index in [2.05, 4.69) is 18.8 Å². The van der Waals surface area contributed by atoms with E-state index in [-0.39, 0.29) is 28.9 Å². The lowest BCUT2D eigenvalue weighted by Gasteiger charge is -2.32. The smallest absolute Gasteiger partial charge is 0.333 e. The molecule has 0 aromatic carbocycles. The molecular formula is C20H32N2O4S. The third kappa shape index (κ3) is 6.72. The van der Waals surface area contributed by atoms with Gasteiger partial charge in [-0.25, -0.2) is 9.36 Å². The van der Waals surface area contributed by atoms with Gasteiger partial charge in [-0.1, -0.05) is 39.9 Å². The second kappa shape index (κ2) is 10.5. The minimum absolute atomic E-state index is 0.149. The van der Waals surface area contributed by atoms with Crippen LogP contribution in [-0.2, 0) is 9.53 Å². The Labute approximate surface area is 166 Å². The van der Waals surface area contributed by atoms with Gasteiger partial charge < -0.3 is 9.72 Å². The fourth-order valence-corrected chi connectivity index (χ4v) is 3.31. The van der Waals surface area contributed by atoms with Crippen LogP contribution in [0.15, 0.2) is 17.1 Å². The average Bonchev–Trinajstić information content (AvgIpc) is 2.56. The Bertz CT molecular complexity index is 723. The summed E-state index contributed by atoms with van der Waals surface area (Å²) < 4.78 is 6.68. The van der Waals surface area contributed by atoms with Gasteiger partial charge in [-0.15, -0.1) is 0 Å². The number of aromatic nitrogens is 2. The topological polar surface area (TPSA) is 81.2 Å². The first-order valence-corrected chi connectivity index (χ1v) is 10.0. The van der Waals surface area contributed by atoms with Gasteiger partial charge in [-0.2, -0.15) is 0 Å². The molecule has 6 nitrogen and oxygen atoms in total. The molecule has 1 unspecified atom stereocenters. The lowest BCUT2D eigenvalue weighted by atomic mass is 9.73. The number of hydrogen-bond acceptors (Lipinski definition) is 5. The molecule has 1 aromatic rings. The molecule has 1 rings (SSSR count). The maximum absolute atomic E-state index is 12.5. The third-order valence-electron chi connectivity index (χ3n) is 4.95. The molecule has 0 bridgehead atoms. The van der Waals surface area contributed by atoms with Gasteiger partial charge in [0.15, 0.2) is 0 Å². The van der Waals surface area contributed by atoms with Crippen molar-refractivity contribution < 1.29 is 14.3 Å². The van der Waals surface area contributed by atoms with Crippen LogP contribution in [-0.4, -0.2) is 28.0 Å². The molecule has 0 aliphatic heterocycles. The molecule has 0 fully saturated rings. The third-order valence-corrected chi connectivity index (χ3v) is 5.27. The molecular weight excluding hydrogens is 364 g/mol. The Morgan fingerprint density at radius 1 is 1.22 bits per heavy atom. The van der Waals surface area contributed by atoms with E-state index in [1.165, 1.54) is 12.3 Å². The quantitative estimate of drug-likeness (QED) is 0.361. The van der Waals surface area contributed by atoms with Crippen molar-refractivity contribution in [1.29, 1.82) is 0 Å². The van der Waals surface area contributed by atoms with E-state index in [1.54, 1.807) is 0 Å². The van der Waals surface area contributed by atoms with Crippen LogP contribution in [0.3, 0.4) is 0 Å². The van der Waals surface area contributed by atoms with E-state index >= 15 is 0 Å². The number of aromatic amines is 1. The van der Waals surface area contributed by atoms with Crippen molar-refractivity contribution in [3.8, 4) is 0 Å². The number of carbonyl (C=O) groups is 2. The van der Waals surface area contributed by atoms with Crippen LogP contribution < -0.4 is 5.69 Å². The van der Waals surface area contributed by atoms with E-state index < -0.39 is 11.1 Å². The van der Waals surface area contributed by atoms with Gasteiger partial charge in [0.1, 0.15) is 4.64 Å². The summed E-state index contributed by atoms with van der Waals surface area (Å²) >= 11 is 5.01. The molecule has 0 amide bonds. The number of nitrogens with zero attached hydrogens (tertiary/aromatic N) is 1. The zero-order valence-electron chi connectivity index (χ0n) is 17.0. The van der Waals surface area contributed by atoms with Crippen molar-refractivity contribution in [3.05, 3.63) is 27.4 Å². The average molecular weight is 397 g/mol. The number of hydrogen-bond donors (Lipinski definition) is 1. The lowest BCUT2D eigenvalue weighted by Crippen LogP contribution is -2.36. The molecule has 0 aliphatic carbocycles. The molecule has 0 saturated heterocycles. The summed E-state index contributed by atoms with van der Waals surface area (Å²) in [4.78, 5) is 38.8. The molecule has 1 heterocycles. The van der Waals surface area contributed by atoms with Crippen molar-refractivity contribution in [3.63, 3.8) is 0 Å². The maximum atomic E-state index is 12.5. The van der Waals surface area contributed by atoms with Gasteiger partial charge in [-0.3, -0.25) is 9.59 Å². The minimum Gasteiger partial charge on any atom is -0.465 e. The number of unbranched alkanes of at least 4 members (excludes halogenated alkanes) is 2. The van der Waals surface area contributed by atoms with Gasteiger partial charge in [0, 0.05) is 12.6 Å². The maximum Gasteiger partial charge on any atom is 0.333 e. The molecule has 0 aliphatic rings. The van der Waals surface area contributed by atoms with Crippen LogP contribution in [0.4, 0.5) is 0 Å². The lowest BCUT2D eigenvalue weighted by molar-refractivity contribution is -0.159. The van der Waals surface area contributed by atoms with Crippen molar-refractivity contribution >= 4 is 24.1 Å². The first-order chi connectivity index (χ1) is 12.6. The largest absolute Gasteiger partial charge is 0.465 e. The standard InChI is InChI=1S/C20H32N2O4S/c1-14(2)13-20(5,15(3)4)18(24)26-12-8-6-7-9-16(23)22-17(27)10-11-21-19(22)25/h10-11,14-15H,6-9,12-13H2,1-5H3,(H,21,25). The summed E-state index contributed by atoms with van der Waals surface area (Å²) in [6.45, 7) is 10.6. The van der Waals surface area contributed by atoms with Crippen LogP contribution >= 0.6 is 12.2 Å². The van der Waals surface area contributed by atoms with Gasteiger partial charge in [-0.05, 0) is 50.5 Å². The highest BCUT2D eigenvalue weighted by molar-refractivity contribution is 7.71. The minimum atomic E-state index is -0.514. The van der Waals surface area contributed by atoms with Gasteiger partial charge in [0.05, 0.1) is 12.0 Å². The fraction of sp³-hybridized carbons (Fsp3) is 0.700. The highest BCUT2D eigenvalue weighted by Gasteiger charge is 2.38. The predicted molar refractivity (Wildman–Crippen MR) is 108 cm³/mol. The van der Waals surface area contributed by atoms with E-state index in [4.69, 9.17) is 17.0 Å². The molecule has 0 radical (unpaired) electrons. The Morgan fingerprint density at radius 2 is 1.89 bits per heavy atom. The summed E-state index contributed by atoms with van der Waals surface area (Å²) in [6, 6.07) is 1.51. The van der Waals surface area contributed by atoms with Crippen LogP contribution in [0.25, 0.3) is 0 Å². The zero-order chi connectivity index (χ0) is 20.6. The Hall–Kier alpha value is -1.76. The zero-order valence-corrected chi connectivity index (χ0v) is 17.9. The Kier molecular flexibility index (Phi) is 9.09. The Balaban J connectivity index is 2.40. The van der Waals surface area contributed by atoms with E-state index in [0.717, 1.165) is 17.4 Å².